The fraction of sp³-hybridized carbons (Fsp3) is 0.571. The van der Waals surface area contributed by atoms with E-state index in [9.17, 15) is 0 Å². The molecule has 1 heterocycles. The van der Waals surface area contributed by atoms with Crippen molar-refractivity contribution in [1.29, 1.82) is 0 Å². The van der Waals surface area contributed by atoms with Crippen molar-refractivity contribution in [3.63, 3.8) is 0 Å². The third-order valence-electron chi connectivity index (χ3n) is 1.54. The quantitative estimate of drug-likeness (QED) is 0.348. The van der Waals surface area contributed by atoms with Crippen molar-refractivity contribution in [2.24, 2.45) is 4.99 Å². The van der Waals surface area contributed by atoms with Gasteiger partial charge >= 0.3 is 0 Å². The molecule has 0 saturated heterocycles. The van der Waals surface area contributed by atoms with Gasteiger partial charge in [-0.05, 0) is 46.7 Å². The van der Waals surface area contributed by atoms with Crippen LogP contribution in [0.2, 0.25) is 0 Å². The Hall–Kier alpha value is -0.330. The van der Waals surface area contributed by atoms with E-state index in [2.05, 4.69) is 23.8 Å². The minimum Gasteiger partial charge on any atom is -0.363 e. The molecule has 0 radical (unpaired) electrons. The Morgan fingerprint density at radius 1 is 1.54 bits per heavy atom. The molecule has 0 saturated carbocycles. The predicted octanol–water partition coefficient (Wildman–Crippen LogP) is 2.93. The number of nitrogens with zero attached hydrogens (tertiary/aromatic N) is 3. The summed E-state index contributed by atoms with van der Waals surface area (Å²) in [6.07, 6.45) is 1.78. The molecule has 0 atom stereocenters. The Morgan fingerprint density at radius 2 is 2.23 bits per heavy atom. The van der Waals surface area contributed by atoms with Gasteiger partial charge in [0, 0.05) is 13.1 Å². The summed E-state index contributed by atoms with van der Waals surface area (Å²) >= 11 is 4.89. The van der Waals surface area contributed by atoms with E-state index in [0.717, 1.165) is 5.13 Å². The second-order valence-electron chi connectivity index (χ2n) is 2.83. The molecule has 1 aromatic heterocycles. The van der Waals surface area contributed by atoms with Crippen LogP contribution in [0, 0.1) is 3.95 Å². The van der Waals surface area contributed by atoms with Crippen molar-refractivity contribution < 1.29 is 0 Å². The largest absolute Gasteiger partial charge is 0.363 e. The van der Waals surface area contributed by atoms with E-state index in [1.165, 1.54) is 20.7 Å². The molecular formula is C7H11N3S3. The highest BCUT2D eigenvalue weighted by Crippen LogP contribution is 2.21. The maximum atomic E-state index is 4.89. The lowest BCUT2D eigenvalue weighted by atomic mass is 10.4. The maximum absolute atomic E-state index is 4.89. The summed E-state index contributed by atoms with van der Waals surface area (Å²) in [5, 5.41) is 0.738. The molecule has 0 amide bonds. The molecule has 0 fully saturated rings. The van der Waals surface area contributed by atoms with E-state index in [1.807, 2.05) is 11.9 Å². The van der Waals surface area contributed by atoms with Gasteiger partial charge in [0.25, 0.3) is 0 Å². The second-order valence-corrected chi connectivity index (χ2v) is 5.56. The number of aliphatic imine (C=N–C) groups is 1. The van der Waals surface area contributed by atoms with Crippen LogP contribution in [0.15, 0.2) is 4.99 Å². The van der Waals surface area contributed by atoms with Crippen LogP contribution < -0.4 is 0 Å². The first-order chi connectivity index (χ1) is 6.09. The van der Waals surface area contributed by atoms with Crippen LogP contribution >= 0.6 is 32.9 Å². The summed E-state index contributed by atoms with van der Waals surface area (Å²) in [6.45, 7) is 4.21. The first-order valence-electron chi connectivity index (χ1n) is 3.83. The molecule has 0 aliphatic rings. The molecule has 13 heavy (non-hydrogen) atoms. The average molecular weight is 233 g/mol. The molecule has 1 rings (SSSR count). The monoisotopic (exact) mass is 233 g/mol. The molecule has 1 aromatic rings. The van der Waals surface area contributed by atoms with Crippen molar-refractivity contribution in [3.05, 3.63) is 3.95 Å². The standard InChI is InChI=1S/C7H11N3S3/c1-5(2)10(3)4-8-6-9-7(11)13-12-6/h4-5H,1-3H3. The molecule has 0 N–H and O–H groups in total. The van der Waals surface area contributed by atoms with Gasteiger partial charge in [-0.3, -0.25) is 0 Å². The van der Waals surface area contributed by atoms with Gasteiger partial charge < -0.3 is 4.90 Å². The smallest absolute Gasteiger partial charge is 0.222 e. The zero-order chi connectivity index (χ0) is 9.84. The van der Waals surface area contributed by atoms with Crippen LogP contribution in [0.1, 0.15) is 13.8 Å². The first-order valence-corrected chi connectivity index (χ1v) is 6.38. The summed E-state index contributed by atoms with van der Waals surface area (Å²) in [5.41, 5.74) is 0. The maximum Gasteiger partial charge on any atom is 0.222 e. The van der Waals surface area contributed by atoms with Gasteiger partial charge in [-0.25, -0.2) is 4.99 Å². The molecule has 6 heteroatoms. The van der Waals surface area contributed by atoms with Crippen LogP contribution in [-0.2, 0) is 0 Å². The Balaban J connectivity index is 2.63. The second kappa shape index (κ2) is 4.78. The van der Waals surface area contributed by atoms with Crippen LogP contribution in [0.3, 0.4) is 0 Å². The molecule has 0 aliphatic heterocycles. The SMILES string of the molecule is CC(C)N(C)C=Nc1nc(=S)ss1. The number of hydrogen-bond acceptors (Lipinski definition) is 5. The van der Waals surface area contributed by atoms with Gasteiger partial charge in [-0.1, -0.05) is 0 Å². The van der Waals surface area contributed by atoms with Crippen LogP contribution in [0.4, 0.5) is 5.13 Å². The van der Waals surface area contributed by atoms with E-state index < -0.39 is 0 Å². The lowest BCUT2D eigenvalue weighted by Crippen LogP contribution is -2.24. The molecule has 0 spiro atoms. The van der Waals surface area contributed by atoms with Gasteiger partial charge in [0.05, 0.1) is 6.34 Å². The van der Waals surface area contributed by atoms with Crippen LogP contribution in [0.5, 0.6) is 0 Å². The predicted molar refractivity (Wildman–Crippen MR) is 61.9 cm³/mol. The molecule has 3 nitrogen and oxygen atoms in total. The van der Waals surface area contributed by atoms with Gasteiger partial charge in [-0.15, -0.1) is 0 Å². The number of aromatic nitrogens is 1. The lowest BCUT2D eigenvalue weighted by molar-refractivity contribution is 0.429. The minimum atomic E-state index is 0.454. The van der Waals surface area contributed by atoms with Crippen molar-refractivity contribution in [3.8, 4) is 0 Å². The molecule has 72 valence electrons. The van der Waals surface area contributed by atoms with Crippen molar-refractivity contribution in [1.82, 2.24) is 9.88 Å². The Morgan fingerprint density at radius 3 is 2.69 bits per heavy atom. The van der Waals surface area contributed by atoms with E-state index >= 15 is 0 Å². The first kappa shape index (κ1) is 10.7. The van der Waals surface area contributed by atoms with Crippen LogP contribution in [-0.4, -0.2) is 29.3 Å². The van der Waals surface area contributed by atoms with Crippen molar-refractivity contribution in [2.45, 2.75) is 19.9 Å². The highest BCUT2D eigenvalue weighted by Gasteiger charge is 1.98. The fourth-order valence-electron chi connectivity index (χ4n) is 0.512. The Bertz CT molecular complexity index is 339. The summed E-state index contributed by atoms with van der Waals surface area (Å²) in [6, 6.07) is 0.454. The summed E-state index contributed by atoms with van der Waals surface area (Å²) in [7, 11) is 4.97. The van der Waals surface area contributed by atoms with E-state index in [1.54, 1.807) is 6.34 Å². The van der Waals surface area contributed by atoms with E-state index in [4.69, 9.17) is 12.2 Å². The summed E-state index contributed by atoms with van der Waals surface area (Å²) in [4.78, 5) is 10.3. The van der Waals surface area contributed by atoms with Gasteiger partial charge in [0.2, 0.25) is 5.13 Å². The van der Waals surface area contributed by atoms with Crippen molar-refractivity contribution >= 4 is 44.4 Å². The zero-order valence-electron chi connectivity index (χ0n) is 7.72. The van der Waals surface area contributed by atoms with E-state index in [-0.39, 0.29) is 0 Å². The lowest BCUT2D eigenvalue weighted by Gasteiger charge is -2.16. The summed E-state index contributed by atoms with van der Waals surface area (Å²) in [5.74, 6) is 0. The molecule has 0 aliphatic carbocycles. The van der Waals surface area contributed by atoms with Gasteiger partial charge in [0.15, 0.2) is 3.95 Å². The molecule has 0 unspecified atom stereocenters. The molecular weight excluding hydrogens is 222 g/mol. The Kier molecular flexibility index (Phi) is 3.95. The summed E-state index contributed by atoms with van der Waals surface area (Å²) < 4.78 is 0.657. The average Bonchev–Trinajstić information content (AvgIpc) is 2.47. The number of hydrogen-bond donors (Lipinski definition) is 0. The molecule has 0 bridgehead atoms. The highest BCUT2D eigenvalue weighted by atomic mass is 32.9. The van der Waals surface area contributed by atoms with Crippen molar-refractivity contribution in [2.75, 3.05) is 7.05 Å². The third-order valence-corrected chi connectivity index (χ3v) is 4.03. The highest BCUT2D eigenvalue weighted by molar-refractivity contribution is 7.79. The third kappa shape index (κ3) is 3.50. The van der Waals surface area contributed by atoms with Crippen LogP contribution in [0.25, 0.3) is 0 Å². The fourth-order valence-corrected chi connectivity index (χ4v) is 2.30. The Labute approximate surface area is 90.2 Å². The number of rotatable bonds is 3. The topological polar surface area (TPSA) is 28.5 Å². The minimum absolute atomic E-state index is 0.454. The van der Waals surface area contributed by atoms with Gasteiger partial charge in [0.1, 0.15) is 0 Å². The van der Waals surface area contributed by atoms with Gasteiger partial charge in [-0.2, -0.15) is 4.98 Å². The van der Waals surface area contributed by atoms with E-state index in [0.29, 0.717) is 10.00 Å². The zero-order valence-corrected chi connectivity index (χ0v) is 10.2. The molecule has 0 aromatic carbocycles. The normalized spacial score (nSPS) is 11.4.